The van der Waals surface area contributed by atoms with Gasteiger partial charge >= 0.3 is 0 Å². The van der Waals surface area contributed by atoms with E-state index in [1.165, 1.54) is 12.8 Å². The number of aliphatic hydroxyl groups is 1. The second kappa shape index (κ2) is 7.21. The zero-order chi connectivity index (χ0) is 10.2. The molecule has 3 heteroatoms. The summed E-state index contributed by atoms with van der Waals surface area (Å²) in [6.07, 6.45) is 4.72. The van der Waals surface area contributed by atoms with Crippen LogP contribution in [0.15, 0.2) is 0 Å². The molecule has 0 aromatic heterocycles. The van der Waals surface area contributed by atoms with Crippen LogP contribution in [0, 0.1) is 0 Å². The molecule has 1 fully saturated rings. The Balaban J connectivity index is 2.00. The van der Waals surface area contributed by atoms with E-state index in [1.807, 2.05) is 0 Å². The molecule has 1 rings (SSSR count). The maximum absolute atomic E-state index is 9.09. The lowest BCUT2D eigenvalue weighted by Crippen LogP contribution is -2.34. The Bertz CT molecular complexity index is 141. The molecule has 0 unspecified atom stereocenters. The van der Waals surface area contributed by atoms with E-state index in [1.54, 1.807) is 0 Å². The lowest BCUT2D eigenvalue weighted by Gasteiger charge is -2.22. The van der Waals surface area contributed by atoms with Gasteiger partial charge in [-0.1, -0.05) is 13.3 Å². The van der Waals surface area contributed by atoms with Crippen molar-refractivity contribution in [3.63, 3.8) is 0 Å². The van der Waals surface area contributed by atoms with Crippen molar-refractivity contribution >= 4 is 0 Å². The molecule has 0 aliphatic carbocycles. The van der Waals surface area contributed by atoms with Crippen LogP contribution in [-0.4, -0.2) is 49.0 Å². The Morgan fingerprint density at radius 2 is 2.29 bits per heavy atom. The van der Waals surface area contributed by atoms with Crippen molar-refractivity contribution in [1.82, 2.24) is 4.90 Å². The largest absolute Gasteiger partial charge is 0.395 e. The molecule has 0 radical (unpaired) electrons. The molecule has 0 aromatic carbocycles. The van der Waals surface area contributed by atoms with Crippen LogP contribution < -0.4 is 0 Å². The van der Waals surface area contributed by atoms with Crippen LogP contribution in [-0.2, 0) is 4.74 Å². The molecule has 0 spiro atoms. The quantitative estimate of drug-likeness (QED) is 0.629. The van der Waals surface area contributed by atoms with Crippen LogP contribution >= 0.6 is 0 Å². The van der Waals surface area contributed by atoms with Gasteiger partial charge in [-0.15, -0.1) is 0 Å². The molecule has 1 heterocycles. The van der Waals surface area contributed by atoms with Gasteiger partial charge in [-0.05, 0) is 25.8 Å². The summed E-state index contributed by atoms with van der Waals surface area (Å²) in [6.45, 7) is 6.28. The van der Waals surface area contributed by atoms with Gasteiger partial charge in [0.15, 0.2) is 0 Å². The fourth-order valence-electron chi connectivity index (χ4n) is 1.93. The van der Waals surface area contributed by atoms with Crippen molar-refractivity contribution in [3.05, 3.63) is 0 Å². The lowest BCUT2D eigenvalue weighted by molar-refractivity contribution is 0.0839. The van der Waals surface area contributed by atoms with E-state index in [0.29, 0.717) is 12.6 Å². The van der Waals surface area contributed by atoms with Crippen LogP contribution in [0.2, 0.25) is 0 Å². The highest BCUT2D eigenvalue weighted by Crippen LogP contribution is 2.15. The van der Waals surface area contributed by atoms with Crippen LogP contribution in [0.5, 0.6) is 0 Å². The number of nitrogens with zero attached hydrogens (tertiary/aromatic N) is 1. The zero-order valence-electron chi connectivity index (χ0n) is 9.24. The average molecular weight is 201 g/mol. The van der Waals surface area contributed by atoms with Crippen LogP contribution in [0.1, 0.15) is 32.6 Å². The summed E-state index contributed by atoms with van der Waals surface area (Å²) < 4.78 is 5.51. The van der Waals surface area contributed by atoms with Gasteiger partial charge in [-0.2, -0.15) is 0 Å². The van der Waals surface area contributed by atoms with E-state index in [2.05, 4.69) is 11.8 Å². The Morgan fingerprint density at radius 1 is 1.43 bits per heavy atom. The van der Waals surface area contributed by atoms with E-state index < -0.39 is 0 Å². The van der Waals surface area contributed by atoms with Gasteiger partial charge in [0, 0.05) is 19.2 Å². The fraction of sp³-hybridized carbons (Fsp3) is 1.00. The first-order valence-electron chi connectivity index (χ1n) is 5.81. The van der Waals surface area contributed by atoms with Gasteiger partial charge in [-0.25, -0.2) is 0 Å². The van der Waals surface area contributed by atoms with Crippen molar-refractivity contribution in [1.29, 1.82) is 0 Å². The molecule has 1 N–H and O–H groups in total. The van der Waals surface area contributed by atoms with Crippen molar-refractivity contribution in [2.24, 2.45) is 0 Å². The third kappa shape index (κ3) is 3.95. The van der Waals surface area contributed by atoms with Crippen LogP contribution in [0.25, 0.3) is 0 Å². The number of hydrogen-bond acceptors (Lipinski definition) is 3. The van der Waals surface area contributed by atoms with Gasteiger partial charge in [0.25, 0.3) is 0 Å². The Morgan fingerprint density at radius 3 is 3.00 bits per heavy atom. The third-order valence-electron chi connectivity index (χ3n) is 2.87. The predicted molar refractivity (Wildman–Crippen MR) is 57.4 cm³/mol. The van der Waals surface area contributed by atoms with Gasteiger partial charge in [0.2, 0.25) is 0 Å². The highest BCUT2D eigenvalue weighted by Gasteiger charge is 2.22. The molecule has 1 aliphatic rings. The van der Waals surface area contributed by atoms with Crippen LogP contribution in [0.3, 0.4) is 0 Å². The molecule has 84 valence electrons. The Labute approximate surface area is 87.1 Å². The number of unbranched alkanes of at least 4 members (excludes halogenated alkanes) is 1. The Kier molecular flexibility index (Phi) is 6.15. The standard InChI is InChI=1S/C11H23NO2/c1-2-3-8-14-9-7-12-6-4-5-11(12)10-13/h11,13H,2-10H2,1H3/t11-/m0/s1. The highest BCUT2D eigenvalue weighted by molar-refractivity contribution is 4.77. The molecule has 3 nitrogen and oxygen atoms in total. The van der Waals surface area contributed by atoms with E-state index in [0.717, 1.165) is 39.1 Å². The normalized spacial score (nSPS) is 23.1. The van der Waals surface area contributed by atoms with Gasteiger partial charge in [-0.3, -0.25) is 4.90 Å². The SMILES string of the molecule is CCCCOCCN1CCC[C@H]1CO. The molecule has 14 heavy (non-hydrogen) atoms. The van der Waals surface area contributed by atoms with Crippen molar-refractivity contribution in [2.75, 3.05) is 32.9 Å². The van der Waals surface area contributed by atoms with Crippen molar-refractivity contribution in [3.8, 4) is 0 Å². The number of hydrogen-bond donors (Lipinski definition) is 1. The number of ether oxygens (including phenoxy) is 1. The summed E-state index contributed by atoms with van der Waals surface area (Å²) >= 11 is 0. The molecule has 0 amide bonds. The van der Waals surface area contributed by atoms with Gasteiger partial charge in [0.05, 0.1) is 13.2 Å². The molecule has 1 atom stereocenters. The second-order valence-corrected chi connectivity index (χ2v) is 3.98. The number of aliphatic hydroxyl groups excluding tert-OH is 1. The van der Waals surface area contributed by atoms with E-state index >= 15 is 0 Å². The van der Waals surface area contributed by atoms with Gasteiger partial charge < -0.3 is 9.84 Å². The maximum Gasteiger partial charge on any atom is 0.0593 e. The molecule has 1 saturated heterocycles. The summed E-state index contributed by atoms with van der Waals surface area (Å²) in [5.74, 6) is 0. The van der Waals surface area contributed by atoms with Gasteiger partial charge in [0.1, 0.15) is 0 Å². The Hall–Kier alpha value is -0.120. The van der Waals surface area contributed by atoms with E-state index in [4.69, 9.17) is 9.84 Å². The second-order valence-electron chi connectivity index (χ2n) is 3.98. The number of likely N-dealkylation sites (tertiary alicyclic amines) is 1. The minimum absolute atomic E-state index is 0.301. The van der Waals surface area contributed by atoms with E-state index in [9.17, 15) is 0 Å². The van der Waals surface area contributed by atoms with Crippen molar-refractivity contribution < 1.29 is 9.84 Å². The zero-order valence-corrected chi connectivity index (χ0v) is 9.24. The molecular formula is C11H23NO2. The summed E-state index contributed by atoms with van der Waals surface area (Å²) in [7, 11) is 0. The summed E-state index contributed by atoms with van der Waals surface area (Å²) in [5, 5.41) is 9.09. The smallest absolute Gasteiger partial charge is 0.0593 e. The summed E-state index contributed by atoms with van der Waals surface area (Å²) in [6, 6.07) is 0.393. The molecule has 0 aromatic rings. The fourth-order valence-corrected chi connectivity index (χ4v) is 1.93. The summed E-state index contributed by atoms with van der Waals surface area (Å²) in [4.78, 5) is 2.34. The minimum atomic E-state index is 0.301. The molecule has 1 aliphatic heterocycles. The highest BCUT2D eigenvalue weighted by atomic mass is 16.5. The first kappa shape index (κ1) is 12.0. The topological polar surface area (TPSA) is 32.7 Å². The average Bonchev–Trinajstić information content (AvgIpc) is 2.65. The van der Waals surface area contributed by atoms with Crippen molar-refractivity contribution in [2.45, 2.75) is 38.6 Å². The third-order valence-corrected chi connectivity index (χ3v) is 2.87. The minimum Gasteiger partial charge on any atom is -0.395 e. The monoisotopic (exact) mass is 201 g/mol. The predicted octanol–water partition coefficient (Wildman–Crippen LogP) is 1.26. The first-order valence-corrected chi connectivity index (χ1v) is 5.81. The van der Waals surface area contributed by atoms with E-state index in [-0.39, 0.29) is 0 Å². The summed E-state index contributed by atoms with van der Waals surface area (Å²) in [5.41, 5.74) is 0. The molecule has 0 bridgehead atoms. The molecular weight excluding hydrogens is 178 g/mol. The molecule has 0 saturated carbocycles. The maximum atomic E-state index is 9.09. The first-order chi connectivity index (χ1) is 6.88. The number of rotatable bonds is 7. The van der Waals surface area contributed by atoms with Crippen LogP contribution in [0.4, 0.5) is 0 Å². The lowest BCUT2D eigenvalue weighted by atomic mass is 10.2.